The topological polar surface area (TPSA) is 82.5 Å². The number of carbonyl (C=O) groups is 2. The number of amides is 2. The summed E-state index contributed by atoms with van der Waals surface area (Å²) in [5, 5.41) is 0. The van der Waals surface area contributed by atoms with Gasteiger partial charge < -0.3 is 14.7 Å². The minimum absolute atomic E-state index is 0.0637. The zero-order valence-corrected chi connectivity index (χ0v) is 17.8. The van der Waals surface area contributed by atoms with Gasteiger partial charge in [0.25, 0.3) is 5.91 Å². The van der Waals surface area contributed by atoms with Crippen molar-refractivity contribution < 1.29 is 9.59 Å². The number of anilines is 1. The van der Waals surface area contributed by atoms with Gasteiger partial charge in [0.1, 0.15) is 11.5 Å². The van der Waals surface area contributed by atoms with E-state index >= 15 is 0 Å². The van der Waals surface area contributed by atoms with Crippen LogP contribution in [0.4, 0.5) is 5.82 Å². The first-order chi connectivity index (χ1) is 14.5. The second kappa shape index (κ2) is 8.38. The molecule has 8 heteroatoms. The molecule has 0 spiro atoms. The van der Waals surface area contributed by atoms with Crippen molar-refractivity contribution in [2.24, 2.45) is 0 Å². The highest BCUT2D eigenvalue weighted by atomic mass is 16.2. The SMILES string of the molecule is CC(=O)N1CCc2nc(C3CCCCN3C(=O)c3ccccn3)nc(N(C)C)c2C1. The monoisotopic (exact) mass is 408 g/mol. The predicted molar refractivity (Wildman–Crippen MR) is 113 cm³/mol. The Morgan fingerprint density at radius 2 is 1.97 bits per heavy atom. The van der Waals surface area contributed by atoms with E-state index in [2.05, 4.69) is 4.98 Å². The molecule has 1 fully saturated rings. The third-order valence-corrected chi connectivity index (χ3v) is 5.87. The van der Waals surface area contributed by atoms with Crippen LogP contribution in [0.25, 0.3) is 0 Å². The summed E-state index contributed by atoms with van der Waals surface area (Å²) in [6, 6.07) is 5.23. The molecule has 0 bridgehead atoms. The Kier molecular flexibility index (Phi) is 5.65. The first-order valence-corrected chi connectivity index (χ1v) is 10.5. The largest absolute Gasteiger partial charge is 0.362 e. The second-order valence-electron chi connectivity index (χ2n) is 8.14. The number of fused-ring (bicyclic) bond motifs is 1. The van der Waals surface area contributed by atoms with E-state index in [-0.39, 0.29) is 17.9 Å². The minimum Gasteiger partial charge on any atom is -0.362 e. The molecule has 1 unspecified atom stereocenters. The summed E-state index contributed by atoms with van der Waals surface area (Å²) in [6.45, 7) is 3.46. The third kappa shape index (κ3) is 3.86. The number of carbonyl (C=O) groups excluding carboxylic acids is 2. The smallest absolute Gasteiger partial charge is 0.273 e. The van der Waals surface area contributed by atoms with Crippen LogP contribution in [-0.4, -0.2) is 63.8 Å². The molecule has 0 radical (unpaired) electrons. The van der Waals surface area contributed by atoms with Crippen LogP contribution in [0.15, 0.2) is 24.4 Å². The quantitative estimate of drug-likeness (QED) is 0.774. The fraction of sp³-hybridized carbons (Fsp3) is 0.500. The van der Waals surface area contributed by atoms with Crippen molar-refractivity contribution in [2.45, 2.75) is 45.2 Å². The average Bonchev–Trinajstić information content (AvgIpc) is 2.77. The molecule has 4 heterocycles. The Bertz CT molecular complexity index is 946. The van der Waals surface area contributed by atoms with E-state index in [4.69, 9.17) is 9.97 Å². The number of pyridine rings is 1. The molecule has 158 valence electrons. The summed E-state index contributed by atoms with van der Waals surface area (Å²) in [5.41, 5.74) is 2.44. The number of rotatable bonds is 3. The Morgan fingerprint density at radius 1 is 1.13 bits per heavy atom. The van der Waals surface area contributed by atoms with Crippen molar-refractivity contribution in [3.63, 3.8) is 0 Å². The molecule has 2 aromatic heterocycles. The molecule has 2 aliphatic heterocycles. The van der Waals surface area contributed by atoms with Gasteiger partial charge in [-0.15, -0.1) is 0 Å². The first kappa shape index (κ1) is 20.3. The molecule has 2 aliphatic rings. The van der Waals surface area contributed by atoms with Gasteiger partial charge >= 0.3 is 0 Å². The molecule has 1 atom stereocenters. The predicted octanol–water partition coefficient (Wildman–Crippen LogP) is 2.21. The fourth-order valence-corrected chi connectivity index (χ4v) is 4.28. The maximum Gasteiger partial charge on any atom is 0.273 e. The van der Waals surface area contributed by atoms with Gasteiger partial charge in [0.2, 0.25) is 5.91 Å². The Labute approximate surface area is 176 Å². The molecule has 0 N–H and O–H groups in total. The lowest BCUT2D eigenvalue weighted by atomic mass is 9.99. The summed E-state index contributed by atoms with van der Waals surface area (Å²) in [4.78, 5) is 44.8. The van der Waals surface area contributed by atoms with E-state index in [1.807, 2.05) is 40.9 Å². The van der Waals surface area contributed by atoms with E-state index < -0.39 is 0 Å². The van der Waals surface area contributed by atoms with Crippen molar-refractivity contribution in [2.75, 3.05) is 32.1 Å². The normalized spacial score (nSPS) is 18.7. The fourth-order valence-electron chi connectivity index (χ4n) is 4.28. The van der Waals surface area contributed by atoms with Crippen LogP contribution >= 0.6 is 0 Å². The summed E-state index contributed by atoms with van der Waals surface area (Å²) in [6.07, 6.45) is 5.18. The van der Waals surface area contributed by atoms with Gasteiger partial charge in [0.05, 0.1) is 18.3 Å². The van der Waals surface area contributed by atoms with E-state index in [0.717, 1.165) is 36.3 Å². The highest BCUT2D eigenvalue weighted by Gasteiger charge is 2.33. The lowest BCUT2D eigenvalue weighted by Crippen LogP contribution is -2.41. The van der Waals surface area contributed by atoms with E-state index in [0.29, 0.717) is 37.6 Å². The first-order valence-electron chi connectivity index (χ1n) is 10.5. The van der Waals surface area contributed by atoms with Crippen molar-refractivity contribution in [1.29, 1.82) is 0 Å². The van der Waals surface area contributed by atoms with Gasteiger partial charge in [-0.3, -0.25) is 14.6 Å². The second-order valence-corrected chi connectivity index (χ2v) is 8.14. The molecular weight excluding hydrogens is 380 g/mol. The van der Waals surface area contributed by atoms with E-state index in [9.17, 15) is 9.59 Å². The summed E-state index contributed by atoms with van der Waals surface area (Å²) < 4.78 is 0. The molecule has 1 saturated heterocycles. The zero-order valence-electron chi connectivity index (χ0n) is 17.8. The Morgan fingerprint density at radius 3 is 2.67 bits per heavy atom. The van der Waals surface area contributed by atoms with Crippen LogP contribution in [0.5, 0.6) is 0 Å². The third-order valence-electron chi connectivity index (χ3n) is 5.87. The standard InChI is InChI=1S/C22H28N6O2/c1-15(29)27-13-10-17-16(14-27)21(26(2)3)25-20(24-17)19-9-5-7-12-28(19)22(30)18-8-4-6-11-23-18/h4,6,8,11,19H,5,7,9-10,12-14H2,1-3H3. The van der Waals surface area contributed by atoms with Crippen LogP contribution < -0.4 is 4.90 Å². The molecule has 0 saturated carbocycles. The molecule has 4 rings (SSSR count). The zero-order chi connectivity index (χ0) is 21.3. The minimum atomic E-state index is -0.164. The van der Waals surface area contributed by atoms with Gasteiger partial charge in [0, 0.05) is 52.3 Å². The number of hydrogen-bond acceptors (Lipinski definition) is 6. The van der Waals surface area contributed by atoms with E-state index in [1.54, 1.807) is 19.2 Å². The number of aromatic nitrogens is 3. The summed E-state index contributed by atoms with van der Waals surface area (Å²) >= 11 is 0. The van der Waals surface area contributed by atoms with Crippen LogP contribution in [0.2, 0.25) is 0 Å². The Balaban J connectivity index is 1.71. The van der Waals surface area contributed by atoms with Crippen molar-refractivity contribution in [3.8, 4) is 0 Å². The van der Waals surface area contributed by atoms with Gasteiger partial charge in [0.15, 0.2) is 5.82 Å². The van der Waals surface area contributed by atoms with Crippen molar-refractivity contribution >= 4 is 17.6 Å². The van der Waals surface area contributed by atoms with Gasteiger partial charge in [-0.2, -0.15) is 0 Å². The Hall–Kier alpha value is -3.03. The molecule has 0 aromatic carbocycles. The molecule has 30 heavy (non-hydrogen) atoms. The number of likely N-dealkylation sites (tertiary alicyclic amines) is 1. The van der Waals surface area contributed by atoms with Crippen LogP contribution in [-0.2, 0) is 17.8 Å². The highest BCUT2D eigenvalue weighted by Crippen LogP contribution is 2.33. The van der Waals surface area contributed by atoms with Crippen LogP contribution in [0, 0.1) is 0 Å². The number of hydrogen-bond donors (Lipinski definition) is 0. The van der Waals surface area contributed by atoms with Crippen molar-refractivity contribution in [1.82, 2.24) is 24.8 Å². The maximum absolute atomic E-state index is 13.2. The lowest BCUT2D eigenvalue weighted by molar-refractivity contribution is -0.129. The van der Waals surface area contributed by atoms with Crippen molar-refractivity contribution in [3.05, 3.63) is 47.2 Å². The number of piperidine rings is 1. The molecule has 2 aromatic rings. The highest BCUT2D eigenvalue weighted by molar-refractivity contribution is 5.92. The molecule has 2 amide bonds. The van der Waals surface area contributed by atoms with Crippen LogP contribution in [0.1, 0.15) is 59.8 Å². The molecular formula is C22H28N6O2. The summed E-state index contributed by atoms with van der Waals surface area (Å²) in [5.74, 6) is 1.51. The lowest BCUT2D eigenvalue weighted by Gasteiger charge is -2.36. The average molecular weight is 409 g/mol. The van der Waals surface area contributed by atoms with Gasteiger partial charge in [-0.05, 0) is 31.4 Å². The number of nitrogens with zero attached hydrogens (tertiary/aromatic N) is 6. The van der Waals surface area contributed by atoms with Crippen LogP contribution in [0.3, 0.4) is 0 Å². The van der Waals surface area contributed by atoms with Gasteiger partial charge in [-0.1, -0.05) is 6.07 Å². The van der Waals surface area contributed by atoms with Gasteiger partial charge in [-0.25, -0.2) is 9.97 Å². The van der Waals surface area contributed by atoms with E-state index in [1.165, 1.54) is 0 Å². The maximum atomic E-state index is 13.2. The summed E-state index contributed by atoms with van der Waals surface area (Å²) in [7, 11) is 3.91. The molecule has 0 aliphatic carbocycles. The molecule has 8 nitrogen and oxygen atoms in total.